The third-order valence-electron chi connectivity index (χ3n) is 2.12. The van der Waals surface area contributed by atoms with Crippen LogP contribution in [0, 0.1) is 3.57 Å². The zero-order valence-electron chi connectivity index (χ0n) is 10.5. The monoisotopic (exact) mass is 349 g/mol. The Kier molecular flexibility index (Phi) is 5.69. The Morgan fingerprint density at radius 1 is 1.29 bits per heavy atom. The molecule has 96 valence electrons. The highest BCUT2D eigenvalue weighted by molar-refractivity contribution is 14.1. The number of aliphatic hydroxyl groups excluding tert-OH is 1. The quantitative estimate of drug-likeness (QED) is 0.803. The first kappa shape index (κ1) is 14.7. The minimum Gasteiger partial charge on any atom is -0.491 e. The number of benzene rings is 1. The fraction of sp³-hybridized carbons (Fsp3) is 0.538. The van der Waals surface area contributed by atoms with Gasteiger partial charge in [0.1, 0.15) is 18.5 Å². The molecule has 0 heterocycles. The Bertz CT molecular complexity index is 332. The van der Waals surface area contributed by atoms with Crippen LogP contribution in [-0.4, -0.2) is 29.9 Å². The molecule has 0 bridgehead atoms. The number of rotatable bonds is 5. The van der Waals surface area contributed by atoms with Gasteiger partial charge in [0, 0.05) is 15.7 Å². The standard InChI is InChI=1S/C13H20INO2/c1-13(2,3)15-8-11(16)9-17-12-6-4-10(14)5-7-12/h4-7,11,15-16H,8-9H2,1-3H3. The van der Waals surface area contributed by atoms with Crippen LogP contribution >= 0.6 is 22.6 Å². The van der Waals surface area contributed by atoms with E-state index >= 15 is 0 Å². The topological polar surface area (TPSA) is 41.5 Å². The van der Waals surface area contributed by atoms with E-state index in [9.17, 15) is 5.11 Å². The van der Waals surface area contributed by atoms with Gasteiger partial charge in [-0.15, -0.1) is 0 Å². The normalized spacial score (nSPS) is 13.5. The van der Waals surface area contributed by atoms with E-state index < -0.39 is 6.10 Å². The maximum absolute atomic E-state index is 9.74. The molecule has 0 fully saturated rings. The van der Waals surface area contributed by atoms with Gasteiger partial charge in [0.05, 0.1) is 0 Å². The van der Waals surface area contributed by atoms with Gasteiger partial charge in [-0.2, -0.15) is 0 Å². The molecule has 1 rings (SSSR count). The number of hydrogen-bond acceptors (Lipinski definition) is 3. The van der Waals surface area contributed by atoms with Crippen LogP contribution in [0.2, 0.25) is 0 Å². The van der Waals surface area contributed by atoms with Gasteiger partial charge in [-0.3, -0.25) is 0 Å². The molecule has 0 aromatic heterocycles. The lowest BCUT2D eigenvalue weighted by atomic mass is 10.1. The molecule has 0 aliphatic carbocycles. The predicted octanol–water partition coefficient (Wildman–Crippen LogP) is 2.42. The first-order chi connectivity index (χ1) is 7.87. The van der Waals surface area contributed by atoms with Gasteiger partial charge < -0.3 is 15.2 Å². The average molecular weight is 349 g/mol. The van der Waals surface area contributed by atoms with Crippen molar-refractivity contribution in [3.8, 4) is 5.75 Å². The summed E-state index contributed by atoms with van der Waals surface area (Å²) in [4.78, 5) is 0. The van der Waals surface area contributed by atoms with E-state index in [1.54, 1.807) is 0 Å². The van der Waals surface area contributed by atoms with E-state index in [-0.39, 0.29) is 5.54 Å². The number of β-amino-alcohol motifs (C(OH)–C–C–N with tert-alkyl or cyclic N) is 1. The number of hydrogen-bond donors (Lipinski definition) is 2. The van der Waals surface area contributed by atoms with E-state index in [0.29, 0.717) is 13.2 Å². The maximum Gasteiger partial charge on any atom is 0.119 e. The summed E-state index contributed by atoms with van der Waals surface area (Å²) in [5.41, 5.74) is 0.0177. The highest BCUT2D eigenvalue weighted by Gasteiger charge is 2.12. The Morgan fingerprint density at radius 3 is 2.41 bits per heavy atom. The van der Waals surface area contributed by atoms with Crippen molar-refractivity contribution in [3.05, 3.63) is 27.8 Å². The van der Waals surface area contributed by atoms with Gasteiger partial charge in [-0.25, -0.2) is 0 Å². The van der Waals surface area contributed by atoms with E-state index in [2.05, 4.69) is 48.7 Å². The molecule has 3 nitrogen and oxygen atoms in total. The lowest BCUT2D eigenvalue weighted by Gasteiger charge is -2.22. The van der Waals surface area contributed by atoms with Crippen LogP contribution in [0.4, 0.5) is 0 Å². The summed E-state index contributed by atoms with van der Waals surface area (Å²) in [6.07, 6.45) is -0.492. The summed E-state index contributed by atoms with van der Waals surface area (Å²) in [6.45, 7) is 7.05. The van der Waals surface area contributed by atoms with Gasteiger partial charge >= 0.3 is 0 Å². The third kappa shape index (κ3) is 6.85. The van der Waals surface area contributed by atoms with Crippen molar-refractivity contribution in [2.24, 2.45) is 0 Å². The Balaban J connectivity index is 2.28. The smallest absolute Gasteiger partial charge is 0.119 e. The van der Waals surface area contributed by atoms with Gasteiger partial charge in [-0.1, -0.05) is 0 Å². The molecule has 0 amide bonds. The van der Waals surface area contributed by atoms with Crippen LogP contribution in [-0.2, 0) is 0 Å². The zero-order valence-corrected chi connectivity index (χ0v) is 12.7. The highest BCUT2D eigenvalue weighted by Crippen LogP contribution is 2.13. The Morgan fingerprint density at radius 2 is 1.88 bits per heavy atom. The molecule has 0 saturated carbocycles. The van der Waals surface area contributed by atoms with Crippen molar-refractivity contribution in [3.63, 3.8) is 0 Å². The fourth-order valence-electron chi connectivity index (χ4n) is 1.21. The fourth-order valence-corrected chi connectivity index (χ4v) is 1.57. The van der Waals surface area contributed by atoms with E-state index in [0.717, 1.165) is 5.75 Å². The van der Waals surface area contributed by atoms with Gasteiger partial charge in [0.25, 0.3) is 0 Å². The number of ether oxygens (including phenoxy) is 1. The molecular formula is C13H20INO2. The van der Waals surface area contributed by atoms with Crippen molar-refractivity contribution in [1.82, 2.24) is 5.32 Å². The minimum absolute atomic E-state index is 0.0177. The van der Waals surface area contributed by atoms with Crippen LogP contribution in [0.15, 0.2) is 24.3 Å². The van der Waals surface area contributed by atoms with Gasteiger partial charge in [0.2, 0.25) is 0 Å². The number of nitrogens with one attached hydrogen (secondary N) is 1. The molecule has 4 heteroatoms. The molecule has 1 unspecified atom stereocenters. The predicted molar refractivity (Wildman–Crippen MR) is 78.4 cm³/mol. The SMILES string of the molecule is CC(C)(C)NCC(O)COc1ccc(I)cc1. The summed E-state index contributed by atoms with van der Waals surface area (Å²) in [6, 6.07) is 7.78. The first-order valence-corrected chi connectivity index (χ1v) is 6.76. The summed E-state index contributed by atoms with van der Waals surface area (Å²) in [5, 5.41) is 13.0. The molecule has 0 spiro atoms. The molecule has 0 radical (unpaired) electrons. The largest absolute Gasteiger partial charge is 0.491 e. The van der Waals surface area contributed by atoms with E-state index in [1.807, 2.05) is 24.3 Å². The highest BCUT2D eigenvalue weighted by atomic mass is 127. The van der Waals surface area contributed by atoms with Crippen molar-refractivity contribution in [2.45, 2.75) is 32.4 Å². The second kappa shape index (κ2) is 6.56. The lowest BCUT2D eigenvalue weighted by molar-refractivity contribution is 0.100. The molecule has 1 atom stereocenters. The summed E-state index contributed by atoms with van der Waals surface area (Å²) in [7, 11) is 0. The average Bonchev–Trinajstić information content (AvgIpc) is 2.25. The molecule has 1 aromatic rings. The third-order valence-corrected chi connectivity index (χ3v) is 2.84. The van der Waals surface area contributed by atoms with Gasteiger partial charge in [0.15, 0.2) is 0 Å². The van der Waals surface area contributed by atoms with E-state index in [1.165, 1.54) is 3.57 Å². The van der Waals surface area contributed by atoms with Crippen LogP contribution < -0.4 is 10.1 Å². The lowest BCUT2D eigenvalue weighted by Crippen LogP contribution is -2.42. The second-order valence-corrected chi connectivity index (χ2v) is 6.30. The van der Waals surface area contributed by atoms with Crippen LogP contribution in [0.3, 0.4) is 0 Å². The molecule has 0 saturated heterocycles. The summed E-state index contributed by atoms with van der Waals surface area (Å²) in [5.74, 6) is 0.792. The zero-order chi connectivity index (χ0) is 12.9. The molecule has 0 aliphatic heterocycles. The van der Waals surface area contributed by atoms with Crippen LogP contribution in [0.25, 0.3) is 0 Å². The summed E-state index contributed by atoms with van der Waals surface area (Å²) < 4.78 is 6.67. The maximum atomic E-state index is 9.74. The van der Waals surface area contributed by atoms with Crippen molar-refractivity contribution in [1.29, 1.82) is 0 Å². The summed E-state index contributed by atoms with van der Waals surface area (Å²) >= 11 is 2.25. The molecule has 17 heavy (non-hydrogen) atoms. The molecule has 1 aromatic carbocycles. The number of halogens is 1. The van der Waals surface area contributed by atoms with Crippen LogP contribution in [0.5, 0.6) is 5.75 Å². The van der Waals surface area contributed by atoms with Gasteiger partial charge in [-0.05, 0) is 67.6 Å². The first-order valence-electron chi connectivity index (χ1n) is 5.68. The minimum atomic E-state index is -0.492. The van der Waals surface area contributed by atoms with Crippen molar-refractivity contribution in [2.75, 3.05) is 13.2 Å². The van der Waals surface area contributed by atoms with Crippen molar-refractivity contribution >= 4 is 22.6 Å². The Hall–Kier alpha value is -0.330. The van der Waals surface area contributed by atoms with E-state index in [4.69, 9.17) is 4.74 Å². The second-order valence-electron chi connectivity index (χ2n) is 5.05. The van der Waals surface area contributed by atoms with Crippen LogP contribution in [0.1, 0.15) is 20.8 Å². The molecular weight excluding hydrogens is 329 g/mol. The molecule has 0 aliphatic rings. The molecule has 2 N–H and O–H groups in total. The number of aliphatic hydroxyl groups is 1. The van der Waals surface area contributed by atoms with Crippen molar-refractivity contribution < 1.29 is 9.84 Å². The Labute approximate surface area is 117 Å².